The highest BCUT2D eigenvalue weighted by molar-refractivity contribution is 5.71. The van der Waals surface area contributed by atoms with Crippen molar-refractivity contribution in [3.63, 3.8) is 0 Å². The number of aliphatic hydroxyl groups excluding tert-OH is 1. The topological polar surface area (TPSA) is 59.0 Å². The molecule has 1 rings (SSSR count). The van der Waals surface area contributed by atoms with E-state index in [1.807, 2.05) is 26.8 Å². The predicted molar refractivity (Wildman–Crippen MR) is 63.8 cm³/mol. The van der Waals surface area contributed by atoms with Crippen molar-refractivity contribution in [3.8, 4) is 0 Å². The Morgan fingerprint density at radius 2 is 2.18 bits per heavy atom. The standard InChI is InChI=1S/C12H21NO4/c1-11(2,3)17-10(15)13-7-5-6-12(13,8-14)9-16-4/h5-6,14H,7-9H2,1-4H3. The van der Waals surface area contributed by atoms with E-state index in [1.54, 1.807) is 6.08 Å². The zero-order valence-corrected chi connectivity index (χ0v) is 10.9. The Balaban J connectivity index is 2.79. The van der Waals surface area contributed by atoms with Gasteiger partial charge in [0, 0.05) is 13.7 Å². The Hall–Kier alpha value is -1.07. The molecule has 0 radical (unpaired) electrons. The zero-order chi connectivity index (χ0) is 13.1. The third-order valence-corrected chi connectivity index (χ3v) is 2.54. The summed E-state index contributed by atoms with van der Waals surface area (Å²) in [5.41, 5.74) is -1.34. The molecule has 1 aliphatic rings. The van der Waals surface area contributed by atoms with Gasteiger partial charge in [0.1, 0.15) is 11.1 Å². The van der Waals surface area contributed by atoms with E-state index >= 15 is 0 Å². The average Bonchev–Trinajstić information content (AvgIpc) is 2.60. The van der Waals surface area contributed by atoms with Gasteiger partial charge in [0.25, 0.3) is 0 Å². The lowest BCUT2D eigenvalue weighted by Gasteiger charge is -2.36. The molecule has 0 saturated carbocycles. The molecule has 1 amide bonds. The van der Waals surface area contributed by atoms with Gasteiger partial charge in [0.2, 0.25) is 0 Å². The molecule has 1 N–H and O–H groups in total. The van der Waals surface area contributed by atoms with Gasteiger partial charge in [-0.05, 0) is 20.8 Å². The number of carbonyl (C=O) groups is 1. The van der Waals surface area contributed by atoms with Gasteiger partial charge in [-0.2, -0.15) is 0 Å². The van der Waals surface area contributed by atoms with E-state index in [1.165, 1.54) is 12.0 Å². The Morgan fingerprint density at radius 1 is 1.53 bits per heavy atom. The second kappa shape index (κ2) is 5.06. The molecule has 98 valence electrons. The largest absolute Gasteiger partial charge is 0.444 e. The van der Waals surface area contributed by atoms with Gasteiger partial charge in [-0.3, -0.25) is 4.90 Å². The molecule has 0 aromatic heterocycles. The molecule has 0 fully saturated rings. The molecule has 0 spiro atoms. The van der Waals surface area contributed by atoms with Gasteiger partial charge in [0.15, 0.2) is 0 Å². The van der Waals surface area contributed by atoms with E-state index in [0.717, 1.165) is 0 Å². The molecule has 1 atom stereocenters. The van der Waals surface area contributed by atoms with Crippen molar-refractivity contribution in [3.05, 3.63) is 12.2 Å². The number of hydrogen-bond acceptors (Lipinski definition) is 4. The molecule has 1 unspecified atom stereocenters. The highest BCUT2D eigenvalue weighted by Crippen LogP contribution is 2.25. The number of amides is 1. The van der Waals surface area contributed by atoms with Crippen LogP contribution in [0.2, 0.25) is 0 Å². The number of carbonyl (C=O) groups excluding carboxylic acids is 1. The lowest BCUT2D eigenvalue weighted by Crippen LogP contribution is -2.54. The van der Waals surface area contributed by atoms with E-state index in [9.17, 15) is 9.90 Å². The molecule has 0 saturated heterocycles. The van der Waals surface area contributed by atoms with E-state index in [2.05, 4.69) is 0 Å². The van der Waals surface area contributed by atoms with Crippen molar-refractivity contribution in [1.82, 2.24) is 4.90 Å². The average molecular weight is 243 g/mol. The summed E-state index contributed by atoms with van der Waals surface area (Å²) in [6, 6.07) is 0. The first-order valence-electron chi connectivity index (χ1n) is 5.63. The van der Waals surface area contributed by atoms with E-state index in [-0.39, 0.29) is 13.2 Å². The fraction of sp³-hybridized carbons (Fsp3) is 0.750. The number of methoxy groups -OCH3 is 1. The summed E-state index contributed by atoms with van der Waals surface area (Å²) in [5, 5.41) is 9.48. The lowest BCUT2D eigenvalue weighted by atomic mass is 10.0. The molecule has 0 aromatic rings. The molecule has 5 nitrogen and oxygen atoms in total. The van der Waals surface area contributed by atoms with Crippen LogP contribution in [-0.2, 0) is 9.47 Å². The molecule has 1 aliphatic heterocycles. The van der Waals surface area contributed by atoms with E-state index < -0.39 is 17.2 Å². The summed E-state index contributed by atoms with van der Waals surface area (Å²) in [4.78, 5) is 13.5. The summed E-state index contributed by atoms with van der Waals surface area (Å²) < 4.78 is 10.4. The Labute approximate surface area is 102 Å². The maximum Gasteiger partial charge on any atom is 0.411 e. The van der Waals surface area contributed by atoms with Gasteiger partial charge >= 0.3 is 6.09 Å². The Kier molecular flexibility index (Phi) is 4.16. The van der Waals surface area contributed by atoms with Crippen molar-refractivity contribution in [2.75, 3.05) is 26.9 Å². The first-order valence-corrected chi connectivity index (χ1v) is 5.63. The van der Waals surface area contributed by atoms with Crippen LogP contribution >= 0.6 is 0 Å². The quantitative estimate of drug-likeness (QED) is 0.756. The van der Waals surface area contributed by atoms with Crippen molar-refractivity contribution in [2.45, 2.75) is 31.9 Å². The van der Waals surface area contributed by atoms with Crippen LogP contribution in [0.4, 0.5) is 4.79 Å². The highest BCUT2D eigenvalue weighted by atomic mass is 16.6. The summed E-state index contributed by atoms with van der Waals surface area (Å²) in [5.74, 6) is 0. The number of ether oxygens (including phenoxy) is 2. The second-order valence-electron chi connectivity index (χ2n) is 5.19. The lowest BCUT2D eigenvalue weighted by molar-refractivity contribution is -0.0182. The van der Waals surface area contributed by atoms with E-state index in [0.29, 0.717) is 6.54 Å². The summed E-state index contributed by atoms with van der Waals surface area (Å²) in [6.45, 7) is 5.93. The third-order valence-electron chi connectivity index (χ3n) is 2.54. The van der Waals surface area contributed by atoms with Crippen molar-refractivity contribution < 1.29 is 19.4 Å². The van der Waals surface area contributed by atoms with Gasteiger partial charge < -0.3 is 14.6 Å². The minimum atomic E-state index is -0.795. The molecular weight excluding hydrogens is 222 g/mol. The van der Waals surface area contributed by atoms with Gasteiger partial charge in [-0.25, -0.2) is 4.79 Å². The smallest absolute Gasteiger partial charge is 0.411 e. The zero-order valence-electron chi connectivity index (χ0n) is 10.9. The molecule has 17 heavy (non-hydrogen) atoms. The SMILES string of the molecule is COCC1(CO)C=CCN1C(=O)OC(C)(C)C. The minimum Gasteiger partial charge on any atom is -0.444 e. The molecule has 5 heteroatoms. The molecular formula is C12H21NO4. The maximum absolute atomic E-state index is 12.0. The molecule has 0 aliphatic carbocycles. The third kappa shape index (κ3) is 3.20. The van der Waals surface area contributed by atoms with Gasteiger partial charge in [-0.15, -0.1) is 0 Å². The van der Waals surface area contributed by atoms with Crippen LogP contribution in [0.5, 0.6) is 0 Å². The van der Waals surface area contributed by atoms with Crippen molar-refractivity contribution in [1.29, 1.82) is 0 Å². The van der Waals surface area contributed by atoms with Crippen LogP contribution in [0.3, 0.4) is 0 Å². The van der Waals surface area contributed by atoms with Crippen LogP contribution in [0.1, 0.15) is 20.8 Å². The monoisotopic (exact) mass is 243 g/mol. The first kappa shape index (κ1) is 14.0. The summed E-state index contributed by atoms with van der Waals surface area (Å²) in [7, 11) is 1.54. The van der Waals surface area contributed by atoms with Crippen LogP contribution < -0.4 is 0 Å². The van der Waals surface area contributed by atoms with Gasteiger partial charge in [-0.1, -0.05) is 12.2 Å². The summed E-state index contributed by atoms with van der Waals surface area (Å²) >= 11 is 0. The number of aliphatic hydroxyl groups is 1. The van der Waals surface area contributed by atoms with Crippen LogP contribution in [0, 0.1) is 0 Å². The van der Waals surface area contributed by atoms with E-state index in [4.69, 9.17) is 9.47 Å². The molecule has 1 heterocycles. The Morgan fingerprint density at radius 3 is 2.65 bits per heavy atom. The van der Waals surface area contributed by atoms with Crippen molar-refractivity contribution in [2.24, 2.45) is 0 Å². The number of hydrogen-bond donors (Lipinski definition) is 1. The van der Waals surface area contributed by atoms with Crippen LogP contribution in [0.25, 0.3) is 0 Å². The fourth-order valence-electron chi connectivity index (χ4n) is 1.78. The van der Waals surface area contributed by atoms with Crippen LogP contribution in [-0.4, -0.2) is 54.1 Å². The first-order chi connectivity index (χ1) is 7.84. The van der Waals surface area contributed by atoms with Gasteiger partial charge in [0.05, 0.1) is 13.2 Å². The highest BCUT2D eigenvalue weighted by Gasteiger charge is 2.41. The molecule has 0 bridgehead atoms. The predicted octanol–water partition coefficient (Wildman–Crippen LogP) is 1.17. The Bertz CT molecular complexity index is 308. The summed E-state index contributed by atoms with van der Waals surface area (Å²) in [6.07, 6.45) is 3.19. The minimum absolute atomic E-state index is 0.184. The molecule has 0 aromatic carbocycles. The number of rotatable bonds is 3. The van der Waals surface area contributed by atoms with Crippen LogP contribution in [0.15, 0.2) is 12.2 Å². The van der Waals surface area contributed by atoms with Crippen molar-refractivity contribution >= 4 is 6.09 Å². The number of nitrogens with zero attached hydrogens (tertiary/aromatic N) is 1. The fourth-order valence-corrected chi connectivity index (χ4v) is 1.78. The maximum atomic E-state index is 12.0. The second-order valence-corrected chi connectivity index (χ2v) is 5.19. The normalized spacial score (nSPS) is 24.2.